The Morgan fingerprint density at radius 3 is 2.31 bits per heavy atom. The summed E-state index contributed by atoms with van der Waals surface area (Å²) >= 11 is 0. The predicted molar refractivity (Wildman–Crippen MR) is 111 cm³/mol. The number of hydrogen-bond donors (Lipinski definition) is 1. The number of amides is 3. The van der Waals surface area contributed by atoms with Gasteiger partial charge in [-0.1, -0.05) is 44.9 Å². The first-order valence-corrected chi connectivity index (χ1v) is 11.7. The average Bonchev–Trinajstić information content (AvgIpc) is 3.08. The molecule has 4 rings (SSSR count). The summed E-state index contributed by atoms with van der Waals surface area (Å²) in [6.07, 6.45) is 12.4. The number of Topliss-reactive ketones (excluding diaryl/α,β-unsaturated/α-hetero) is 1. The zero-order valence-corrected chi connectivity index (χ0v) is 18.2. The second kappa shape index (κ2) is 8.01. The van der Waals surface area contributed by atoms with Gasteiger partial charge >= 0.3 is 6.03 Å². The molecule has 6 nitrogen and oxygen atoms in total. The van der Waals surface area contributed by atoms with E-state index in [4.69, 9.17) is 0 Å². The van der Waals surface area contributed by atoms with Crippen molar-refractivity contribution >= 4 is 17.7 Å². The van der Waals surface area contributed by atoms with Crippen LogP contribution < -0.4 is 5.32 Å². The molecule has 1 spiro atoms. The number of likely N-dealkylation sites (N-methyl/N-ethyl adjacent to an activating group) is 1. The summed E-state index contributed by atoms with van der Waals surface area (Å²) < 4.78 is 0. The third-order valence-electron chi connectivity index (χ3n) is 8.66. The van der Waals surface area contributed by atoms with E-state index in [9.17, 15) is 14.4 Å². The van der Waals surface area contributed by atoms with Crippen LogP contribution in [0.5, 0.6) is 0 Å². The summed E-state index contributed by atoms with van der Waals surface area (Å²) in [5, 5.41) is 3.45. The molecule has 2 unspecified atom stereocenters. The molecule has 2 saturated carbocycles. The second-order valence-electron chi connectivity index (χ2n) is 10.1. The van der Waals surface area contributed by atoms with E-state index < -0.39 is 5.54 Å². The monoisotopic (exact) mass is 403 g/mol. The topological polar surface area (TPSA) is 69.7 Å². The highest BCUT2D eigenvalue weighted by molar-refractivity contribution is 6.09. The number of ketones is 1. The van der Waals surface area contributed by atoms with Gasteiger partial charge in [-0.3, -0.25) is 14.5 Å². The second-order valence-corrected chi connectivity index (χ2v) is 10.1. The van der Waals surface area contributed by atoms with Crippen LogP contribution in [0, 0.1) is 17.3 Å². The minimum absolute atomic E-state index is 0.0258. The van der Waals surface area contributed by atoms with Crippen molar-refractivity contribution in [2.75, 3.05) is 26.7 Å². The summed E-state index contributed by atoms with van der Waals surface area (Å²) in [6, 6.07) is -0.294. The molecular weight excluding hydrogens is 366 g/mol. The lowest BCUT2D eigenvalue weighted by atomic mass is 9.70. The number of urea groups is 1. The van der Waals surface area contributed by atoms with Crippen molar-refractivity contribution in [3.8, 4) is 0 Å². The van der Waals surface area contributed by atoms with Crippen LogP contribution >= 0.6 is 0 Å². The Labute approximate surface area is 174 Å². The molecule has 29 heavy (non-hydrogen) atoms. The molecule has 2 heterocycles. The highest BCUT2D eigenvalue weighted by Gasteiger charge is 2.57. The van der Waals surface area contributed by atoms with Gasteiger partial charge < -0.3 is 10.2 Å². The van der Waals surface area contributed by atoms with E-state index in [2.05, 4.69) is 5.32 Å². The van der Waals surface area contributed by atoms with Crippen molar-refractivity contribution in [2.45, 2.75) is 83.1 Å². The number of carbonyl (C=O) groups excluding carboxylic acids is 3. The smallest absolute Gasteiger partial charge is 0.315 e. The van der Waals surface area contributed by atoms with Crippen molar-refractivity contribution in [1.82, 2.24) is 15.1 Å². The largest absolute Gasteiger partial charge is 0.327 e. The number of hydrogen-bond acceptors (Lipinski definition) is 4. The van der Waals surface area contributed by atoms with Crippen molar-refractivity contribution in [3.05, 3.63) is 0 Å². The van der Waals surface area contributed by atoms with Crippen molar-refractivity contribution < 1.29 is 14.4 Å². The van der Waals surface area contributed by atoms with Gasteiger partial charge in [-0.05, 0) is 43.9 Å². The van der Waals surface area contributed by atoms with Gasteiger partial charge in [-0.25, -0.2) is 4.79 Å². The number of nitrogens with one attached hydrogen (secondary N) is 1. The van der Waals surface area contributed by atoms with E-state index in [0.717, 1.165) is 45.1 Å². The van der Waals surface area contributed by atoms with Gasteiger partial charge in [0.2, 0.25) is 0 Å². The molecular formula is C23H37N3O3. The van der Waals surface area contributed by atoms with E-state index in [-0.39, 0.29) is 41.5 Å². The van der Waals surface area contributed by atoms with Crippen LogP contribution in [0.1, 0.15) is 77.6 Å². The van der Waals surface area contributed by atoms with Gasteiger partial charge in [-0.2, -0.15) is 0 Å². The standard InChI is InChI=1S/C23H37N3O3/c1-22(17-10-6-5-7-11-17)20(28)26(21(29)25(22)2)15-19(27)18-14-24-16-23(18)12-8-3-4-9-13-23/h17-18,24H,3-16H2,1-2H3. The van der Waals surface area contributed by atoms with Crippen LogP contribution in [0.15, 0.2) is 0 Å². The first-order chi connectivity index (χ1) is 13.9. The molecule has 0 aromatic rings. The van der Waals surface area contributed by atoms with E-state index >= 15 is 0 Å². The molecule has 6 heteroatoms. The van der Waals surface area contributed by atoms with E-state index in [1.165, 1.54) is 37.0 Å². The van der Waals surface area contributed by atoms with Crippen LogP contribution in [0.25, 0.3) is 0 Å². The van der Waals surface area contributed by atoms with Gasteiger partial charge in [0.25, 0.3) is 5.91 Å². The van der Waals surface area contributed by atoms with Crippen LogP contribution in [-0.4, -0.2) is 59.7 Å². The van der Waals surface area contributed by atoms with E-state index in [0.29, 0.717) is 6.54 Å². The molecule has 2 saturated heterocycles. The lowest BCUT2D eigenvalue weighted by Crippen LogP contribution is -2.52. The fraction of sp³-hybridized carbons (Fsp3) is 0.870. The van der Waals surface area contributed by atoms with Gasteiger partial charge in [-0.15, -0.1) is 0 Å². The van der Waals surface area contributed by atoms with Crippen molar-refractivity contribution in [1.29, 1.82) is 0 Å². The Bertz CT molecular complexity index is 664. The maximum Gasteiger partial charge on any atom is 0.327 e. The predicted octanol–water partition coefficient (Wildman–Crippen LogP) is 3.35. The third-order valence-corrected chi connectivity index (χ3v) is 8.66. The average molecular weight is 404 g/mol. The molecule has 4 aliphatic rings. The number of rotatable bonds is 4. The maximum absolute atomic E-state index is 13.4. The molecule has 0 bridgehead atoms. The SMILES string of the molecule is CN1C(=O)N(CC(=O)C2CNCC23CCCCCC3)C(=O)C1(C)C1CCCCC1. The minimum atomic E-state index is -0.800. The fourth-order valence-electron chi connectivity index (χ4n) is 6.62. The third kappa shape index (κ3) is 3.41. The quantitative estimate of drug-likeness (QED) is 0.731. The molecule has 162 valence electrons. The lowest BCUT2D eigenvalue weighted by Gasteiger charge is -2.38. The molecule has 0 aromatic carbocycles. The normalized spacial score (nSPS) is 33.5. The molecule has 0 aromatic heterocycles. The Morgan fingerprint density at radius 1 is 1.03 bits per heavy atom. The summed E-state index contributed by atoms with van der Waals surface area (Å²) in [5.74, 6) is 0.0261. The first kappa shape index (κ1) is 20.8. The molecule has 4 fully saturated rings. The Morgan fingerprint density at radius 2 is 1.66 bits per heavy atom. The van der Waals surface area contributed by atoms with E-state index in [1.54, 1.807) is 11.9 Å². The molecule has 0 radical (unpaired) electrons. The van der Waals surface area contributed by atoms with Crippen molar-refractivity contribution in [3.63, 3.8) is 0 Å². The number of imide groups is 1. The summed E-state index contributed by atoms with van der Waals surface area (Å²) in [4.78, 5) is 42.7. The van der Waals surface area contributed by atoms with Gasteiger partial charge in [0.15, 0.2) is 5.78 Å². The Balaban J connectivity index is 1.50. The molecule has 2 aliphatic heterocycles. The van der Waals surface area contributed by atoms with Crippen LogP contribution in [0.3, 0.4) is 0 Å². The fourth-order valence-corrected chi connectivity index (χ4v) is 6.62. The van der Waals surface area contributed by atoms with Crippen molar-refractivity contribution in [2.24, 2.45) is 17.3 Å². The van der Waals surface area contributed by atoms with Crippen LogP contribution in [-0.2, 0) is 9.59 Å². The zero-order chi connectivity index (χ0) is 20.6. The van der Waals surface area contributed by atoms with E-state index in [1.807, 2.05) is 6.92 Å². The first-order valence-electron chi connectivity index (χ1n) is 11.7. The molecule has 2 atom stereocenters. The highest BCUT2D eigenvalue weighted by atomic mass is 16.2. The lowest BCUT2D eigenvalue weighted by molar-refractivity contribution is -0.139. The summed E-state index contributed by atoms with van der Waals surface area (Å²) in [5.41, 5.74) is -0.774. The maximum atomic E-state index is 13.4. The van der Waals surface area contributed by atoms with Crippen LogP contribution in [0.2, 0.25) is 0 Å². The number of carbonyl (C=O) groups is 3. The molecule has 2 aliphatic carbocycles. The Kier molecular flexibility index (Phi) is 5.75. The Hall–Kier alpha value is -1.43. The molecule has 1 N–H and O–H groups in total. The van der Waals surface area contributed by atoms with Gasteiger partial charge in [0, 0.05) is 26.1 Å². The van der Waals surface area contributed by atoms with Gasteiger partial charge in [0.05, 0.1) is 6.54 Å². The van der Waals surface area contributed by atoms with Gasteiger partial charge in [0.1, 0.15) is 5.54 Å². The minimum Gasteiger partial charge on any atom is -0.315 e. The summed E-state index contributed by atoms with van der Waals surface area (Å²) in [7, 11) is 1.74. The highest BCUT2D eigenvalue weighted by Crippen LogP contribution is 2.45. The zero-order valence-electron chi connectivity index (χ0n) is 18.2. The summed E-state index contributed by atoms with van der Waals surface area (Å²) in [6.45, 7) is 3.44. The number of nitrogens with zero attached hydrogens (tertiary/aromatic N) is 2. The molecule has 3 amide bonds. The van der Waals surface area contributed by atoms with Crippen LogP contribution in [0.4, 0.5) is 4.79 Å².